The number of nitrogens with one attached hydrogen (secondary N) is 2. The molecular formula is C13H29N5. The molecule has 0 bridgehead atoms. The molecule has 0 spiro atoms. The fourth-order valence-electron chi connectivity index (χ4n) is 2.61. The van der Waals surface area contributed by atoms with Crippen molar-refractivity contribution >= 4 is 0 Å². The first-order chi connectivity index (χ1) is 8.84. The summed E-state index contributed by atoms with van der Waals surface area (Å²) < 4.78 is 0. The normalized spacial score (nSPS) is 23.7. The molecule has 18 heavy (non-hydrogen) atoms. The lowest BCUT2D eigenvalue weighted by atomic mass is 10.3. The molecule has 2 saturated heterocycles. The smallest absolute Gasteiger partial charge is 0.0110 e. The van der Waals surface area contributed by atoms with Crippen LogP contribution in [-0.2, 0) is 0 Å². The van der Waals surface area contributed by atoms with Gasteiger partial charge >= 0.3 is 0 Å². The topological polar surface area (TPSA) is 33.8 Å². The minimum atomic E-state index is 1.16. The lowest BCUT2D eigenvalue weighted by molar-refractivity contribution is 0.178. The highest BCUT2D eigenvalue weighted by atomic mass is 15.2. The van der Waals surface area contributed by atoms with Crippen molar-refractivity contribution in [2.24, 2.45) is 0 Å². The van der Waals surface area contributed by atoms with E-state index in [9.17, 15) is 0 Å². The first kappa shape index (κ1) is 14.2. The third-order valence-electron chi connectivity index (χ3n) is 4.02. The van der Waals surface area contributed by atoms with E-state index >= 15 is 0 Å². The Bertz CT molecular complexity index is 189. The van der Waals surface area contributed by atoms with E-state index in [-0.39, 0.29) is 0 Å². The number of hydrogen-bond acceptors (Lipinski definition) is 5. The molecule has 0 atom stereocenters. The van der Waals surface area contributed by atoms with Gasteiger partial charge in [0.2, 0.25) is 0 Å². The Balaban J connectivity index is 1.52. The second kappa shape index (κ2) is 8.07. The first-order valence-corrected chi connectivity index (χ1v) is 7.39. The molecule has 2 aliphatic heterocycles. The SMILES string of the molecule is CN(CCN1CCNCC1)CCN1CCNCC1. The molecule has 5 heteroatoms. The van der Waals surface area contributed by atoms with Crippen molar-refractivity contribution in [1.82, 2.24) is 25.3 Å². The number of rotatable bonds is 6. The van der Waals surface area contributed by atoms with Crippen LogP contribution in [0.15, 0.2) is 0 Å². The number of hydrogen-bond donors (Lipinski definition) is 2. The van der Waals surface area contributed by atoms with Gasteiger partial charge < -0.3 is 15.5 Å². The van der Waals surface area contributed by atoms with Crippen molar-refractivity contribution in [2.75, 3.05) is 85.6 Å². The zero-order valence-corrected chi connectivity index (χ0v) is 11.8. The summed E-state index contributed by atoms with van der Waals surface area (Å²) in [6.07, 6.45) is 0. The predicted molar refractivity (Wildman–Crippen MR) is 76.1 cm³/mol. The van der Waals surface area contributed by atoms with Crippen LogP contribution in [0.2, 0.25) is 0 Å². The maximum atomic E-state index is 3.40. The van der Waals surface area contributed by atoms with Crippen LogP contribution in [0.3, 0.4) is 0 Å². The fourth-order valence-corrected chi connectivity index (χ4v) is 2.61. The van der Waals surface area contributed by atoms with Gasteiger partial charge in [0.05, 0.1) is 0 Å². The van der Waals surface area contributed by atoms with Gasteiger partial charge in [0, 0.05) is 78.5 Å². The molecule has 0 aromatic heterocycles. The Morgan fingerprint density at radius 1 is 0.778 bits per heavy atom. The second-order valence-corrected chi connectivity index (χ2v) is 5.49. The van der Waals surface area contributed by atoms with Crippen LogP contribution in [0.4, 0.5) is 0 Å². The number of nitrogens with zero attached hydrogens (tertiary/aromatic N) is 3. The minimum absolute atomic E-state index is 1.16. The molecule has 0 aliphatic carbocycles. The van der Waals surface area contributed by atoms with Crippen LogP contribution in [0.1, 0.15) is 0 Å². The molecule has 106 valence electrons. The molecule has 2 aliphatic rings. The third kappa shape index (κ3) is 5.20. The van der Waals surface area contributed by atoms with E-state index in [1.807, 2.05) is 0 Å². The Hall–Kier alpha value is -0.200. The molecule has 0 radical (unpaired) electrons. The zero-order chi connectivity index (χ0) is 12.6. The van der Waals surface area contributed by atoms with Crippen molar-refractivity contribution in [3.63, 3.8) is 0 Å². The first-order valence-electron chi connectivity index (χ1n) is 7.39. The van der Waals surface area contributed by atoms with E-state index in [4.69, 9.17) is 0 Å². The highest BCUT2D eigenvalue weighted by molar-refractivity contribution is 4.71. The minimum Gasteiger partial charge on any atom is -0.314 e. The van der Waals surface area contributed by atoms with Crippen molar-refractivity contribution in [3.05, 3.63) is 0 Å². The highest BCUT2D eigenvalue weighted by Gasteiger charge is 2.12. The van der Waals surface area contributed by atoms with Crippen molar-refractivity contribution < 1.29 is 0 Å². The lowest BCUT2D eigenvalue weighted by Gasteiger charge is -2.31. The summed E-state index contributed by atoms with van der Waals surface area (Å²) in [6.45, 7) is 14.3. The van der Waals surface area contributed by atoms with Gasteiger partial charge in [-0.1, -0.05) is 0 Å². The highest BCUT2D eigenvalue weighted by Crippen LogP contribution is 1.95. The largest absolute Gasteiger partial charge is 0.314 e. The quantitative estimate of drug-likeness (QED) is 0.618. The van der Waals surface area contributed by atoms with Crippen LogP contribution in [0, 0.1) is 0 Å². The fraction of sp³-hybridized carbons (Fsp3) is 1.00. The molecule has 2 fully saturated rings. The Morgan fingerprint density at radius 2 is 1.17 bits per heavy atom. The molecule has 0 amide bonds. The van der Waals surface area contributed by atoms with Crippen LogP contribution in [0.5, 0.6) is 0 Å². The van der Waals surface area contributed by atoms with Crippen LogP contribution < -0.4 is 10.6 Å². The second-order valence-electron chi connectivity index (χ2n) is 5.49. The summed E-state index contributed by atoms with van der Waals surface area (Å²) in [6, 6.07) is 0. The standard InChI is InChI=1S/C13H29N5/c1-16(10-12-17-6-2-14-3-7-17)11-13-18-8-4-15-5-9-18/h14-15H,2-13H2,1H3. The molecule has 5 nitrogen and oxygen atoms in total. The summed E-state index contributed by atoms with van der Waals surface area (Å²) in [7, 11) is 2.25. The summed E-state index contributed by atoms with van der Waals surface area (Å²) in [5, 5.41) is 6.81. The average molecular weight is 255 g/mol. The molecule has 0 aromatic rings. The van der Waals surface area contributed by atoms with Crippen molar-refractivity contribution in [1.29, 1.82) is 0 Å². The number of likely N-dealkylation sites (N-methyl/N-ethyl adjacent to an activating group) is 1. The van der Waals surface area contributed by atoms with Crippen LogP contribution >= 0.6 is 0 Å². The maximum absolute atomic E-state index is 3.40. The van der Waals surface area contributed by atoms with Gasteiger partial charge in [-0.3, -0.25) is 9.80 Å². The Kier molecular flexibility index (Phi) is 6.37. The molecule has 0 saturated carbocycles. The van der Waals surface area contributed by atoms with Crippen molar-refractivity contribution in [2.45, 2.75) is 0 Å². The van der Waals surface area contributed by atoms with Gasteiger partial charge in [-0.2, -0.15) is 0 Å². The zero-order valence-electron chi connectivity index (χ0n) is 11.8. The summed E-state index contributed by atoms with van der Waals surface area (Å²) in [5.74, 6) is 0. The number of piperazine rings is 2. The molecular weight excluding hydrogens is 226 g/mol. The average Bonchev–Trinajstić information content (AvgIpc) is 2.45. The summed E-state index contributed by atoms with van der Waals surface area (Å²) in [5.41, 5.74) is 0. The van der Waals surface area contributed by atoms with E-state index in [1.54, 1.807) is 0 Å². The molecule has 0 aromatic carbocycles. The van der Waals surface area contributed by atoms with Crippen LogP contribution in [-0.4, -0.2) is 100 Å². The Morgan fingerprint density at radius 3 is 1.56 bits per heavy atom. The summed E-state index contributed by atoms with van der Waals surface area (Å²) >= 11 is 0. The van der Waals surface area contributed by atoms with E-state index in [2.05, 4.69) is 32.4 Å². The predicted octanol–water partition coefficient (Wildman–Crippen LogP) is -1.27. The van der Waals surface area contributed by atoms with Gasteiger partial charge in [-0.25, -0.2) is 0 Å². The van der Waals surface area contributed by atoms with Crippen LogP contribution in [0.25, 0.3) is 0 Å². The van der Waals surface area contributed by atoms with Crippen molar-refractivity contribution in [3.8, 4) is 0 Å². The van der Waals surface area contributed by atoms with Gasteiger partial charge in [0.1, 0.15) is 0 Å². The molecule has 0 unspecified atom stereocenters. The molecule has 2 N–H and O–H groups in total. The van der Waals surface area contributed by atoms with E-state index in [0.29, 0.717) is 0 Å². The lowest BCUT2D eigenvalue weighted by Crippen LogP contribution is -2.48. The maximum Gasteiger partial charge on any atom is 0.0110 e. The van der Waals surface area contributed by atoms with Gasteiger partial charge in [0.15, 0.2) is 0 Å². The van der Waals surface area contributed by atoms with E-state index < -0.39 is 0 Å². The van der Waals surface area contributed by atoms with Gasteiger partial charge in [-0.15, -0.1) is 0 Å². The van der Waals surface area contributed by atoms with Gasteiger partial charge in [0.25, 0.3) is 0 Å². The molecule has 2 heterocycles. The third-order valence-corrected chi connectivity index (χ3v) is 4.02. The molecule has 2 rings (SSSR count). The summed E-state index contributed by atoms with van der Waals surface area (Å²) in [4.78, 5) is 7.61. The monoisotopic (exact) mass is 255 g/mol. The van der Waals surface area contributed by atoms with Gasteiger partial charge in [-0.05, 0) is 7.05 Å². The van der Waals surface area contributed by atoms with E-state index in [1.165, 1.54) is 52.4 Å². The van der Waals surface area contributed by atoms with E-state index in [0.717, 1.165) is 26.2 Å². The Labute approximate surface area is 111 Å².